The average Bonchev–Trinajstić information content (AvgIpc) is 3.24. The maximum absolute atomic E-state index is 12.6. The molecule has 170 valence electrons. The second-order valence-electron chi connectivity index (χ2n) is 8.02. The summed E-state index contributed by atoms with van der Waals surface area (Å²) in [5.41, 5.74) is 9.49. The number of nitrogens with zero attached hydrogens (tertiary/aromatic N) is 4. The maximum atomic E-state index is 12.6. The maximum Gasteiger partial charge on any atom is 0.245 e. The Morgan fingerprint density at radius 2 is 1.85 bits per heavy atom. The van der Waals surface area contributed by atoms with Gasteiger partial charge in [0.05, 0.1) is 28.5 Å². The average molecular weight is 473 g/mol. The molecular formula is C25H21ClN6O2. The molecule has 0 unspecified atom stereocenters. The number of halogens is 1. The smallest absolute Gasteiger partial charge is 0.245 e. The van der Waals surface area contributed by atoms with Crippen LogP contribution in [0, 0.1) is 0 Å². The molecule has 5 rings (SSSR count). The number of hydrogen-bond acceptors (Lipinski definition) is 6. The van der Waals surface area contributed by atoms with Crippen molar-refractivity contribution < 1.29 is 9.59 Å². The van der Waals surface area contributed by atoms with Gasteiger partial charge < -0.3 is 16.0 Å². The number of anilines is 2. The Balaban J connectivity index is 1.58. The summed E-state index contributed by atoms with van der Waals surface area (Å²) in [5.74, 6) is -0.199. The predicted molar refractivity (Wildman–Crippen MR) is 132 cm³/mol. The highest BCUT2D eigenvalue weighted by molar-refractivity contribution is 6.35. The van der Waals surface area contributed by atoms with Crippen LogP contribution in [0.2, 0.25) is 5.02 Å². The lowest BCUT2D eigenvalue weighted by Crippen LogP contribution is -2.34. The van der Waals surface area contributed by atoms with E-state index in [1.807, 2.05) is 48.5 Å². The fourth-order valence-electron chi connectivity index (χ4n) is 4.04. The summed E-state index contributed by atoms with van der Waals surface area (Å²) in [6.07, 6.45) is 2.90. The normalized spacial score (nSPS) is 13.4. The quantitative estimate of drug-likeness (QED) is 0.451. The van der Waals surface area contributed by atoms with Crippen molar-refractivity contribution in [1.29, 1.82) is 0 Å². The van der Waals surface area contributed by atoms with E-state index in [0.29, 0.717) is 40.5 Å². The third kappa shape index (κ3) is 4.27. The number of hydrogen-bond donors (Lipinski definition) is 2. The predicted octanol–water partition coefficient (Wildman–Crippen LogP) is 4.16. The molecule has 1 fully saturated rings. The zero-order chi connectivity index (χ0) is 23.7. The standard InChI is InChI=1S/C25H21ClN6O2/c26-18-13-17(12-16-8-4-10-28-21(16)18)23-22(15-6-2-1-3-7-15)30-24(27)25(31-23)29-19(33)14-32-11-5-9-20(32)34/h1-4,6-8,10,12-13H,5,9,11,14H2,(H2,27,30)(H,29,31,33). The fraction of sp³-hybridized carbons (Fsp3) is 0.160. The third-order valence-electron chi connectivity index (χ3n) is 5.67. The first-order valence-corrected chi connectivity index (χ1v) is 11.2. The zero-order valence-corrected chi connectivity index (χ0v) is 18.9. The Kier molecular flexibility index (Phi) is 5.81. The van der Waals surface area contributed by atoms with Gasteiger partial charge in [0, 0.05) is 35.7 Å². The molecule has 0 bridgehead atoms. The Morgan fingerprint density at radius 1 is 1.06 bits per heavy atom. The second kappa shape index (κ2) is 9.07. The van der Waals surface area contributed by atoms with Gasteiger partial charge in [-0.2, -0.15) is 0 Å². The van der Waals surface area contributed by atoms with E-state index in [0.717, 1.165) is 17.4 Å². The molecule has 9 heteroatoms. The molecule has 0 aliphatic carbocycles. The Labute approximate surface area is 200 Å². The van der Waals surface area contributed by atoms with Crippen LogP contribution >= 0.6 is 11.6 Å². The van der Waals surface area contributed by atoms with Crippen molar-refractivity contribution in [3.63, 3.8) is 0 Å². The van der Waals surface area contributed by atoms with Crippen molar-refractivity contribution in [3.05, 3.63) is 65.8 Å². The number of nitrogens with two attached hydrogens (primary N) is 1. The van der Waals surface area contributed by atoms with E-state index >= 15 is 0 Å². The molecule has 0 spiro atoms. The first-order valence-electron chi connectivity index (χ1n) is 10.8. The summed E-state index contributed by atoms with van der Waals surface area (Å²) in [6, 6.07) is 17.0. The minimum Gasteiger partial charge on any atom is -0.381 e. The number of nitrogen functional groups attached to an aromatic ring is 1. The molecule has 1 aliphatic heterocycles. The van der Waals surface area contributed by atoms with Crippen LogP contribution in [-0.2, 0) is 9.59 Å². The van der Waals surface area contributed by atoms with E-state index < -0.39 is 0 Å². The number of carbonyl (C=O) groups is 2. The number of aromatic nitrogens is 3. The molecule has 8 nitrogen and oxygen atoms in total. The van der Waals surface area contributed by atoms with Gasteiger partial charge >= 0.3 is 0 Å². The molecule has 0 saturated carbocycles. The van der Waals surface area contributed by atoms with Gasteiger partial charge in [-0.15, -0.1) is 0 Å². The van der Waals surface area contributed by atoms with Gasteiger partial charge in [-0.25, -0.2) is 9.97 Å². The number of rotatable bonds is 5. The number of fused-ring (bicyclic) bond motifs is 1. The minimum atomic E-state index is -0.379. The van der Waals surface area contributed by atoms with Crippen LogP contribution in [0.5, 0.6) is 0 Å². The van der Waals surface area contributed by atoms with Crippen LogP contribution in [0.15, 0.2) is 60.8 Å². The first kappa shape index (κ1) is 21.8. The molecule has 1 aliphatic rings. The van der Waals surface area contributed by atoms with Crippen molar-refractivity contribution in [2.24, 2.45) is 0 Å². The largest absolute Gasteiger partial charge is 0.381 e. The van der Waals surface area contributed by atoms with Crippen LogP contribution < -0.4 is 11.1 Å². The van der Waals surface area contributed by atoms with Gasteiger partial charge in [0.2, 0.25) is 11.8 Å². The van der Waals surface area contributed by atoms with Crippen LogP contribution in [0.1, 0.15) is 12.8 Å². The summed E-state index contributed by atoms with van der Waals surface area (Å²) in [6.45, 7) is 0.512. The van der Waals surface area contributed by atoms with Gasteiger partial charge in [-0.05, 0) is 24.6 Å². The van der Waals surface area contributed by atoms with Crippen molar-refractivity contribution in [3.8, 4) is 22.5 Å². The van der Waals surface area contributed by atoms with E-state index in [-0.39, 0.29) is 30.0 Å². The summed E-state index contributed by atoms with van der Waals surface area (Å²) in [7, 11) is 0. The molecule has 1 saturated heterocycles. The molecule has 2 amide bonds. The Hall–Kier alpha value is -4.04. The van der Waals surface area contributed by atoms with Gasteiger partial charge in [-0.1, -0.05) is 48.0 Å². The summed E-state index contributed by atoms with van der Waals surface area (Å²) in [4.78, 5) is 39.7. The molecule has 3 N–H and O–H groups in total. The highest BCUT2D eigenvalue weighted by atomic mass is 35.5. The molecule has 3 heterocycles. The first-order chi connectivity index (χ1) is 16.5. The Bertz CT molecular complexity index is 1410. The molecule has 0 radical (unpaired) electrons. The second-order valence-corrected chi connectivity index (χ2v) is 8.43. The number of benzene rings is 2. The lowest BCUT2D eigenvalue weighted by atomic mass is 10.0. The number of likely N-dealkylation sites (tertiary alicyclic amines) is 1. The molecule has 0 atom stereocenters. The summed E-state index contributed by atoms with van der Waals surface area (Å²) < 4.78 is 0. The van der Waals surface area contributed by atoms with Gasteiger partial charge in [0.15, 0.2) is 11.6 Å². The number of nitrogens with one attached hydrogen (secondary N) is 1. The van der Waals surface area contributed by atoms with E-state index in [1.165, 1.54) is 4.90 Å². The molecular weight excluding hydrogens is 452 g/mol. The van der Waals surface area contributed by atoms with Crippen LogP contribution in [0.25, 0.3) is 33.4 Å². The molecule has 2 aromatic carbocycles. The highest BCUT2D eigenvalue weighted by Crippen LogP contribution is 2.35. The lowest BCUT2D eigenvalue weighted by molar-refractivity contribution is -0.131. The highest BCUT2D eigenvalue weighted by Gasteiger charge is 2.24. The number of amides is 2. The van der Waals surface area contributed by atoms with Crippen LogP contribution in [0.3, 0.4) is 0 Å². The number of pyridine rings is 1. The van der Waals surface area contributed by atoms with Crippen molar-refractivity contribution in [2.75, 3.05) is 24.1 Å². The van der Waals surface area contributed by atoms with Crippen molar-refractivity contribution in [1.82, 2.24) is 19.9 Å². The SMILES string of the molecule is Nc1nc(-c2ccccc2)c(-c2cc(Cl)c3ncccc3c2)nc1NC(=O)CN1CCCC1=O. The molecule has 4 aromatic rings. The molecule has 2 aromatic heterocycles. The van der Waals surface area contributed by atoms with E-state index in [4.69, 9.17) is 22.3 Å². The van der Waals surface area contributed by atoms with Crippen LogP contribution in [-0.4, -0.2) is 44.8 Å². The summed E-state index contributed by atoms with van der Waals surface area (Å²) in [5, 5.41) is 4.05. The molecule has 34 heavy (non-hydrogen) atoms. The topological polar surface area (TPSA) is 114 Å². The zero-order valence-electron chi connectivity index (χ0n) is 18.2. The number of carbonyl (C=O) groups excluding carboxylic acids is 2. The van der Waals surface area contributed by atoms with E-state index in [9.17, 15) is 9.59 Å². The van der Waals surface area contributed by atoms with Gasteiger partial charge in [0.25, 0.3) is 0 Å². The minimum absolute atomic E-state index is 0.0336. The monoisotopic (exact) mass is 472 g/mol. The fourth-order valence-corrected chi connectivity index (χ4v) is 4.32. The Morgan fingerprint density at radius 3 is 2.62 bits per heavy atom. The van der Waals surface area contributed by atoms with Gasteiger partial charge in [-0.3, -0.25) is 14.6 Å². The third-order valence-corrected chi connectivity index (χ3v) is 5.95. The van der Waals surface area contributed by atoms with Crippen molar-refractivity contribution in [2.45, 2.75) is 12.8 Å². The van der Waals surface area contributed by atoms with Gasteiger partial charge in [0.1, 0.15) is 0 Å². The van der Waals surface area contributed by atoms with E-state index in [2.05, 4.69) is 15.3 Å². The van der Waals surface area contributed by atoms with Crippen molar-refractivity contribution >= 4 is 46.0 Å². The van der Waals surface area contributed by atoms with Crippen LogP contribution in [0.4, 0.5) is 11.6 Å². The van der Waals surface area contributed by atoms with E-state index in [1.54, 1.807) is 12.3 Å². The lowest BCUT2D eigenvalue weighted by Gasteiger charge is -2.17. The summed E-state index contributed by atoms with van der Waals surface area (Å²) >= 11 is 6.53.